The Kier molecular flexibility index (Phi) is 6.34. The van der Waals surface area contributed by atoms with Crippen LogP contribution < -0.4 is 4.74 Å². The maximum Gasteiger partial charge on any atom is 0.452 e. The van der Waals surface area contributed by atoms with Gasteiger partial charge in [0, 0.05) is 49.0 Å². The predicted molar refractivity (Wildman–Crippen MR) is 118 cm³/mol. The van der Waals surface area contributed by atoms with E-state index in [4.69, 9.17) is 4.74 Å². The van der Waals surface area contributed by atoms with E-state index in [0.29, 0.717) is 24.5 Å². The number of carbonyl (C=O) groups excluding carboxylic acids is 1. The Morgan fingerprint density at radius 3 is 2.62 bits per heavy atom. The maximum atomic E-state index is 12.7. The lowest BCUT2D eigenvalue weighted by molar-refractivity contribution is -0.0593. The monoisotopic (exact) mass is 462 g/mol. The second-order valence-corrected chi connectivity index (χ2v) is 8.52. The van der Waals surface area contributed by atoms with Crippen molar-refractivity contribution in [3.8, 4) is 17.0 Å². The van der Waals surface area contributed by atoms with Gasteiger partial charge in [-0.3, -0.25) is 14.7 Å². The zero-order valence-electron chi connectivity index (χ0n) is 17.1. The first kappa shape index (κ1) is 22.5. The van der Waals surface area contributed by atoms with Crippen LogP contribution in [0.3, 0.4) is 0 Å². The van der Waals surface area contributed by atoms with E-state index in [-0.39, 0.29) is 5.60 Å². The number of benzene rings is 1. The van der Waals surface area contributed by atoms with Gasteiger partial charge in [0.25, 0.3) is 0 Å². The number of likely N-dealkylation sites (tertiary alicyclic amines) is 1. The molecule has 168 valence electrons. The third-order valence-corrected chi connectivity index (χ3v) is 6.47. The Morgan fingerprint density at radius 1 is 1.28 bits per heavy atom. The molecule has 0 atom stereocenters. The number of fused-ring (bicyclic) bond motifs is 1. The Hall–Kier alpha value is -2.72. The number of ether oxygens (including phenoxy) is 1. The van der Waals surface area contributed by atoms with Gasteiger partial charge in [-0.2, -0.15) is 17.6 Å². The zero-order chi connectivity index (χ0) is 22.8. The second kappa shape index (κ2) is 9.03. The molecule has 6 nitrogen and oxygen atoms in total. The first-order valence-corrected chi connectivity index (χ1v) is 11.0. The minimum Gasteiger partial charge on any atom is -0.485 e. The van der Waals surface area contributed by atoms with Crippen molar-refractivity contribution in [1.82, 2.24) is 9.88 Å². The van der Waals surface area contributed by atoms with Crippen molar-refractivity contribution < 1.29 is 22.7 Å². The van der Waals surface area contributed by atoms with Gasteiger partial charge in [-0.1, -0.05) is 24.3 Å². The summed E-state index contributed by atoms with van der Waals surface area (Å²) in [6.45, 7) is 4.33. The number of piperidine rings is 1. The zero-order valence-corrected chi connectivity index (χ0v) is 18.0. The summed E-state index contributed by atoms with van der Waals surface area (Å²) in [5, 5.41) is 0. The number of aldehydes is 1. The number of hydrogen-bond acceptors (Lipinski definition) is 6. The molecule has 10 heteroatoms. The predicted octanol–water partition coefficient (Wildman–Crippen LogP) is 4.60. The van der Waals surface area contributed by atoms with Gasteiger partial charge in [-0.15, -0.1) is 0 Å². The lowest BCUT2D eigenvalue weighted by atomic mass is 9.87. The van der Waals surface area contributed by atoms with Crippen LogP contribution >= 0.6 is 11.9 Å². The van der Waals surface area contributed by atoms with Crippen molar-refractivity contribution in [1.29, 1.82) is 0 Å². The van der Waals surface area contributed by atoms with Crippen LogP contribution in [0.4, 0.5) is 13.2 Å². The van der Waals surface area contributed by atoms with Crippen LogP contribution in [0.25, 0.3) is 11.3 Å². The highest BCUT2D eigenvalue weighted by Crippen LogP contribution is 2.42. The Labute approximate surface area is 187 Å². The van der Waals surface area contributed by atoms with E-state index >= 15 is 0 Å². The van der Waals surface area contributed by atoms with Crippen molar-refractivity contribution in [2.24, 2.45) is 9.39 Å². The number of aliphatic imine (C=N–C) groups is 1. The molecule has 1 aromatic heterocycles. The average molecular weight is 462 g/mol. The number of pyridine rings is 1. The van der Waals surface area contributed by atoms with Crippen LogP contribution in [0.2, 0.25) is 0 Å². The number of rotatable bonds is 5. The van der Waals surface area contributed by atoms with Gasteiger partial charge in [0.15, 0.2) is 0 Å². The van der Waals surface area contributed by atoms with Crippen molar-refractivity contribution in [2.75, 3.05) is 19.0 Å². The van der Waals surface area contributed by atoms with E-state index in [0.717, 1.165) is 60.1 Å². The van der Waals surface area contributed by atoms with Gasteiger partial charge in [0.2, 0.25) is 5.84 Å². The summed E-state index contributed by atoms with van der Waals surface area (Å²) in [5.74, 6) is -0.0899. The van der Waals surface area contributed by atoms with Gasteiger partial charge in [-0.05, 0) is 24.7 Å². The Bertz CT molecular complexity index is 1030. The first-order chi connectivity index (χ1) is 15.3. The number of halogens is 3. The van der Waals surface area contributed by atoms with E-state index in [1.807, 2.05) is 18.2 Å². The van der Waals surface area contributed by atoms with E-state index in [1.54, 1.807) is 18.3 Å². The fraction of sp³-hybridized carbons (Fsp3) is 0.364. The van der Waals surface area contributed by atoms with E-state index in [1.165, 1.54) is 0 Å². The molecule has 2 aliphatic heterocycles. The molecule has 4 rings (SSSR count). The van der Waals surface area contributed by atoms with E-state index in [2.05, 4.69) is 26.0 Å². The van der Waals surface area contributed by atoms with E-state index < -0.39 is 12.0 Å². The quantitative estimate of drug-likeness (QED) is 0.281. The molecule has 2 aromatic rings. The Balaban J connectivity index is 1.35. The summed E-state index contributed by atoms with van der Waals surface area (Å²) in [7, 11) is 0. The molecule has 1 spiro atoms. The molecule has 3 heterocycles. The third-order valence-electron chi connectivity index (χ3n) is 5.69. The van der Waals surface area contributed by atoms with Crippen LogP contribution in [-0.2, 0) is 6.42 Å². The molecule has 0 bridgehead atoms. The smallest absolute Gasteiger partial charge is 0.452 e. The molecule has 32 heavy (non-hydrogen) atoms. The molecule has 1 aromatic carbocycles. The normalized spacial score (nSPS) is 18.3. The molecule has 1 fully saturated rings. The summed E-state index contributed by atoms with van der Waals surface area (Å²) >= 11 is 0.827. The summed E-state index contributed by atoms with van der Waals surface area (Å²) in [5.41, 5.74) is 3.15. The molecule has 0 unspecified atom stereocenters. The number of aromatic nitrogens is 1. The van der Waals surface area contributed by atoms with Crippen molar-refractivity contribution >= 4 is 30.8 Å². The molecule has 0 radical (unpaired) electrons. The molecular weight excluding hydrogens is 441 g/mol. The molecule has 1 saturated heterocycles. The summed E-state index contributed by atoms with van der Waals surface area (Å²) in [4.78, 5) is 20.4. The lowest BCUT2D eigenvalue weighted by Crippen LogP contribution is -2.47. The van der Waals surface area contributed by atoms with Crippen molar-refractivity contribution in [2.45, 2.75) is 31.0 Å². The van der Waals surface area contributed by atoms with Crippen LogP contribution in [0, 0.1) is 0 Å². The second-order valence-electron chi connectivity index (χ2n) is 7.83. The number of nitrogens with zero attached hydrogens (tertiary/aromatic N) is 4. The van der Waals surface area contributed by atoms with E-state index in [9.17, 15) is 18.0 Å². The minimum atomic E-state index is -4.59. The SMILES string of the molecule is C=N/C(=N\SCN1CCC2(CC1)Cc1cc(-c3ccc(C=O)cc3)ncc1O2)C(F)(F)F. The number of alkyl halides is 3. The van der Waals surface area contributed by atoms with Gasteiger partial charge in [-0.25, -0.2) is 4.99 Å². The van der Waals surface area contributed by atoms with Gasteiger partial charge < -0.3 is 4.74 Å². The maximum absolute atomic E-state index is 12.7. The fourth-order valence-corrected chi connectivity index (χ4v) is 4.69. The summed E-state index contributed by atoms with van der Waals surface area (Å²) in [6.07, 6.45) is 0.253. The van der Waals surface area contributed by atoms with Gasteiger partial charge in [0.1, 0.15) is 17.6 Å². The molecule has 0 aliphatic carbocycles. The van der Waals surface area contributed by atoms with Crippen molar-refractivity contribution in [3.63, 3.8) is 0 Å². The first-order valence-electron chi connectivity index (χ1n) is 10.0. The van der Waals surface area contributed by atoms with Gasteiger partial charge in [0.05, 0.1) is 17.8 Å². The molecule has 0 saturated carbocycles. The Morgan fingerprint density at radius 2 is 2.00 bits per heavy atom. The van der Waals surface area contributed by atoms with Crippen LogP contribution in [0.5, 0.6) is 5.75 Å². The topological polar surface area (TPSA) is 67.2 Å². The summed E-state index contributed by atoms with van der Waals surface area (Å²) in [6, 6.07) is 9.28. The van der Waals surface area contributed by atoms with Crippen LogP contribution in [0.1, 0.15) is 28.8 Å². The highest BCUT2D eigenvalue weighted by atomic mass is 32.2. The number of amidine groups is 1. The van der Waals surface area contributed by atoms with Crippen LogP contribution in [-0.4, -0.2) is 59.5 Å². The fourth-order valence-electron chi connectivity index (χ4n) is 3.93. The minimum absolute atomic E-state index is 0.311. The molecular formula is C22H21F3N4O2S. The van der Waals surface area contributed by atoms with Crippen LogP contribution in [0.15, 0.2) is 45.9 Å². The standard InChI is InChI=1S/C22H21F3N4O2S/c1-26-20(22(23,24)25)28-32-14-29-8-6-21(7-9-29)11-17-10-18(27-12-19(17)31-21)16-4-2-15(13-30)3-5-16/h2-5,10,12-13H,1,6-9,11,14H2/b28-20-. The lowest BCUT2D eigenvalue weighted by Gasteiger charge is -2.38. The van der Waals surface area contributed by atoms with Gasteiger partial charge >= 0.3 is 6.18 Å². The number of carbonyl (C=O) groups is 1. The molecule has 0 N–H and O–H groups in total. The molecule has 2 aliphatic rings. The average Bonchev–Trinajstić information content (AvgIpc) is 3.14. The largest absolute Gasteiger partial charge is 0.485 e. The molecule has 0 amide bonds. The van der Waals surface area contributed by atoms with Crippen molar-refractivity contribution in [3.05, 3.63) is 47.7 Å². The summed E-state index contributed by atoms with van der Waals surface area (Å²) < 4.78 is 47.7. The highest BCUT2D eigenvalue weighted by molar-refractivity contribution is 7.98. The number of hydrogen-bond donors (Lipinski definition) is 0. The highest BCUT2D eigenvalue weighted by Gasteiger charge is 2.42. The third kappa shape index (κ3) is 4.86.